The van der Waals surface area contributed by atoms with Gasteiger partial charge in [-0.25, -0.2) is 4.90 Å². The van der Waals surface area contributed by atoms with Crippen molar-refractivity contribution in [1.29, 1.82) is 0 Å². The summed E-state index contributed by atoms with van der Waals surface area (Å²) in [6, 6.07) is 23.8. The van der Waals surface area contributed by atoms with E-state index in [9.17, 15) is 9.59 Å². The van der Waals surface area contributed by atoms with Crippen LogP contribution in [0.1, 0.15) is 36.1 Å². The Morgan fingerprint density at radius 2 is 1.06 bits per heavy atom. The third kappa shape index (κ3) is 1.96. The second-order valence-electron chi connectivity index (χ2n) is 9.16. The van der Waals surface area contributed by atoms with E-state index in [0.717, 1.165) is 22.3 Å². The van der Waals surface area contributed by atoms with Crippen molar-refractivity contribution < 1.29 is 14.3 Å². The van der Waals surface area contributed by atoms with Crippen LogP contribution in [0.3, 0.4) is 0 Å². The maximum Gasteiger partial charge on any atom is 0.238 e. The zero-order chi connectivity index (χ0) is 21.5. The van der Waals surface area contributed by atoms with E-state index in [4.69, 9.17) is 4.74 Å². The molecule has 154 valence electrons. The van der Waals surface area contributed by atoms with E-state index in [1.165, 1.54) is 4.90 Å². The summed E-state index contributed by atoms with van der Waals surface area (Å²) in [7, 11) is 1.60. The van der Waals surface area contributed by atoms with Gasteiger partial charge in [0, 0.05) is 10.8 Å². The van der Waals surface area contributed by atoms with Gasteiger partial charge in [0.2, 0.25) is 11.8 Å². The average molecular weight is 409 g/mol. The molecule has 3 aromatic rings. The fourth-order valence-corrected chi connectivity index (χ4v) is 6.56. The van der Waals surface area contributed by atoms with Crippen LogP contribution in [-0.4, -0.2) is 18.9 Å². The number of benzene rings is 3. The highest BCUT2D eigenvalue weighted by Gasteiger charge is 2.70. The molecule has 0 unspecified atom stereocenters. The monoisotopic (exact) mass is 409 g/mol. The van der Waals surface area contributed by atoms with Crippen molar-refractivity contribution in [2.24, 2.45) is 11.8 Å². The molecule has 31 heavy (non-hydrogen) atoms. The number of nitrogens with zero attached hydrogens (tertiary/aromatic N) is 1. The molecule has 0 N–H and O–H groups in total. The Bertz CT molecular complexity index is 1140. The van der Waals surface area contributed by atoms with Crippen LogP contribution in [0.4, 0.5) is 5.69 Å². The van der Waals surface area contributed by atoms with E-state index in [-0.39, 0.29) is 11.8 Å². The summed E-state index contributed by atoms with van der Waals surface area (Å²) < 4.78 is 5.25. The Morgan fingerprint density at radius 3 is 1.42 bits per heavy atom. The fourth-order valence-electron chi connectivity index (χ4n) is 6.56. The van der Waals surface area contributed by atoms with E-state index in [0.29, 0.717) is 11.4 Å². The van der Waals surface area contributed by atoms with Gasteiger partial charge in [-0.3, -0.25) is 9.59 Å². The van der Waals surface area contributed by atoms with Gasteiger partial charge in [-0.1, -0.05) is 62.4 Å². The molecule has 2 amide bonds. The Morgan fingerprint density at radius 1 is 0.677 bits per heavy atom. The second-order valence-corrected chi connectivity index (χ2v) is 9.16. The molecule has 1 saturated heterocycles. The maximum absolute atomic E-state index is 13.9. The highest BCUT2D eigenvalue weighted by Crippen LogP contribution is 2.66. The van der Waals surface area contributed by atoms with Crippen LogP contribution in [0.25, 0.3) is 0 Å². The predicted octanol–water partition coefficient (Wildman–Crippen LogP) is 4.44. The van der Waals surface area contributed by atoms with E-state index in [1.807, 2.05) is 24.3 Å². The molecule has 4 aliphatic rings. The lowest BCUT2D eigenvalue weighted by Crippen LogP contribution is -2.59. The molecule has 1 aliphatic heterocycles. The molecule has 2 bridgehead atoms. The van der Waals surface area contributed by atoms with E-state index in [2.05, 4.69) is 38.1 Å². The highest BCUT2D eigenvalue weighted by molar-refractivity contribution is 6.24. The van der Waals surface area contributed by atoms with Crippen molar-refractivity contribution in [2.45, 2.75) is 24.7 Å². The van der Waals surface area contributed by atoms with Crippen molar-refractivity contribution >= 4 is 17.5 Å². The predicted molar refractivity (Wildman–Crippen MR) is 118 cm³/mol. The molecule has 1 heterocycles. The van der Waals surface area contributed by atoms with Gasteiger partial charge in [0.15, 0.2) is 0 Å². The van der Waals surface area contributed by atoms with Crippen LogP contribution in [0.15, 0.2) is 72.8 Å². The first-order valence-corrected chi connectivity index (χ1v) is 10.7. The van der Waals surface area contributed by atoms with Gasteiger partial charge in [0.1, 0.15) is 5.75 Å². The summed E-state index contributed by atoms with van der Waals surface area (Å²) in [6.45, 7) is 4.29. The summed E-state index contributed by atoms with van der Waals surface area (Å²) >= 11 is 0. The number of ether oxygens (including phenoxy) is 1. The normalized spacial score (nSPS) is 30.1. The van der Waals surface area contributed by atoms with Crippen LogP contribution < -0.4 is 9.64 Å². The first kappa shape index (κ1) is 18.4. The Labute approximate surface area is 181 Å². The molecule has 2 atom stereocenters. The Balaban J connectivity index is 1.62. The second kappa shape index (κ2) is 5.85. The lowest BCUT2D eigenvalue weighted by atomic mass is 9.42. The van der Waals surface area contributed by atoms with E-state index >= 15 is 0 Å². The van der Waals surface area contributed by atoms with Crippen molar-refractivity contribution in [3.63, 3.8) is 0 Å². The molecule has 7 rings (SSSR count). The number of carbonyl (C=O) groups excluding carboxylic acids is 2. The summed E-state index contributed by atoms with van der Waals surface area (Å²) in [4.78, 5) is 29.3. The third-order valence-electron chi connectivity index (χ3n) is 7.97. The van der Waals surface area contributed by atoms with Crippen LogP contribution in [-0.2, 0) is 20.4 Å². The van der Waals surface area contributed by atoms with Gasteiger partial charge < -0.3 is 4.74 Å². The zero-order valence-electron chi connectivity index (χ0n) is 17.8. The minimum atomic E-state index is -0.552. The average Bonchev–Trinajstić information content (AvgIpc) is 3.08. The van der Waals surface area contributed by atoms with Gasteiger partial charge in [0.25, 0.3) is 0 Å². The van der Waals surface area contributed by atoms with E-state index < -0.39 is 22.7 Å². The number of rotatable bonds is 2. The smallest absolute Gasteiger partial charge is 0.238 e. The highest BCUT2D eigenvalue weighted by atomic mass is 16.5. The summed E-state index contributed by atoms with van der Waals surface area (Å²) in [6.07, 6.45) is 0. The topological polar surface area (TPSA) is 46.6 Å². The van der Waals surface area contributed by atoms with Gasteiger partial charge in [-0.15, -0.1) is 0 Å². The number of carbonyl (C=O) groups is 2. The van der Waals surface area contributed by atoms with Gasteiger partial charge in [-0.05, 0) is 46.5 Å². The van der Waals surface area contributed by atoms with Crippen molar-refractivity contribution in [3.05, 3.63) is 95.1 Å². The van der Waals surface area contributed by atoms with Gasteiger partial charge in [0.05, 0.1) is 24.6 Å². The number of hydrogen-bond acceptors (Lipinski definition) is 3. The number of anilines is 1. The standard InChI is InChI=1S/C27H23NO3/c1-26-18-8-4-6-10-20(18)27(2,21-11-7-5-9-19(21)26)23-22(26)24(29)28(25(23)30)16-12-14-17(31-3)15-13-16/h4-15,22-23H,1-3H3/t22-,23-,26?,27?/m1/s1. The van der Waals surface area contributed by atoms with Crippen LogP contribution >= 0.6 is 0 Å². The molecule has 0 radical (unpaired) electrons. The molecule has 4 heteroatoms. The van der Waals surface area contributed by atoms with Crippen molar-refractivity contribution in [3.8, 4) is 5.75 Å². The molecule has 1 fully saturated rings. The summed E-state index contributed by atoms with van der Waals surface area (Å²) in [5.74, 6) is -0.399. The van der Waals surface area contributed by atoms with Crippen molar-refractivity contribution in [1.82, 2.24) is 0 Å². The van der Waals surface area contributed by atoms with Crippen LogP contribution in [0.2, 0.25) is 0 Å². The third-order valence-corrected chi connectivity index (χ3v) is 7.97. The van der Waals surface area contributed by atoms with Crippen LogP contribution in [0, 0.1) is 11.8 Å². The molecule has 4 nitrogen and oxygen atoms in total. The molecule has 3 aliphatic carbocycles. The van der Waals surface area contributed by atoms with Gasteiger partial charge >= 0.3 is 0 Å². The first-order valence-electron chi connectivity index (χ1n) is 10.7. The largest absolute Gasteiger partial charge is 0.497 e. The number of methoxy groups -OCH3 is 1. The SMILES string of the molecule is COc1ccc(N2C(=O)[C@H]3[C@H](C2=O)C2(C)c4ccccc4C3(C)c3ccccc32)cc1. The van der Waals surface area contributed by atoms with Gasteiger partial charge in [-0.2, -0.15) is 0 Å². The summed E-state index contributed by atoms with van der Waals surface area (Å²) in [5.41, 5.74) is 4.15. The van der Waals surface area contributed by atoms with Crippen LogP contribution in [0.5, 0.6) is 5.75 Å². The summed E-state index contributed by atoms with van der Waals surface area (Å²) in [5, 5.41) is 0. The fraction of sp³-hybridized carbons (Fsp3) is 0.259. The molecule has 0 aromatic heterocycles. The molecular formula is C27H23NO3. The Hall–Kier alpha value is -3.40. The lowest BCUT2D eigenvalue weighted by Gasteiger charge is -2.57. The molecular weight excluding hydrogens is 386 g/mol. The number of hydrogen-bond donors (Lipinski definition) is 0. The minimum Gasteiger partial charge on any atom is -0.497 e. The van der Waals surface area contributed by atoms with E-state index in [1.54, 1.807) is 31.4 Å². The maximum atomic E-state index is 13.9. The first-order chi connectivity index (χ1) is 14.9. The lowest BCUT2D eigenvalue weighted by molar-refractivity contribution is -0.124. The molecule has 0 spiro atoms. The molecule has 3 aromatic carbocycles. The zero-order valence-corrected chi connectivity index (χ0v) is 17.8. The Kier molecular flexibility index (Phi) is 3.47. The number of imide groups is 1. The van der Waals surface area contributed by atoms with Crippen molar-refractivity contribution in [2.75, 3.05) is 12.0 Å². The quantitative estimate of drug-likeness (QED) is 0.588. The number of amides is 2. The molecule has 0 saturated carbocycles. The minimum absolute atomic E-state index is 0.113.